The third-order valence-electron chi connectivity index (χ3n) is 5.99. The molecule has 2 amide bonds. The summed E-state index contributed by atoms with van der Waals surface area (Å²) in [6.45, 7) is 6.61. The molecule has 0 spiro atoms. The molecule has 3 rings (SSSR count). The van der Waals surface area contributed by atoms with Crippen LogP contribution in [0.2, 0.25) is 0 Å². The van der Waals surface area contributed by atoms with Gasteiger partial charge in [-0.25, -0.2) is 4.39 Å². The predicted octanol–water partition coefficient (Wildman–Crippen LogP) is 2.21. The van der Waals surface area contributed by atoms with Gasteiger partial charge in [-0.15, -0.1) is 0 Å². The molecule has 1 unspecified atom stereocenters. The average molecular weight is 432 g/mol. The Morgan fingerprint density at radius 1 is 1.19 bits per heavy atom. The van der Waals surface area contributed by atoms with Crippen LogP contribution in [0.1, 0.15) is 54.9 Å². The second-order valence-electron chi connectivity index (χ2n) is 8.38. The number of rotatable bonds is 7. The summed E-state index contributed by atoms with van der Waals surface area (Å²) in [6.07, 6.45) is 5.28. The van der Waals surface area contributed by atoms with Gasteiger partial charge >= 0.3 is 0 Å². The number of carbonyl (C=O) groups excluding carboxylic acids is 2. The van der Waals surface area contributed by atoms with Crippen LogP contribution < -0.4 is 16.0 Å². The highest BCUT2D eigenvalue weighted by atomic mass is 19.1. The molecule has 3 N–H and O–H groups in total. The molecule has 8 heteroatoms. The summed E-state index contributed by atoms with van der Waals surface area (Å²) in [4.78, 5) is 31.3. The summed E-state index contributed by atoms with van der Waals surface area (Å²) < 4.78 is 13.6. The second kappa shape index (κ2) is 11.1. The summed E-state index contributed by atoms with van der Waals surface area (Å²) in [5, 5.41) is 9.39. The Labute approximate surface area is 183 Å². The maximum atomic E-state index is 13.6. The van der Waals surface area contributed by atoms with E-state index in [1.165, 1.54) is 18.9 Å². The van der Waals surface area contributed by atoms with E-state index in [0.717, 1.165) is 32.4 Å². The first-order valence-corrected chi connectivity index (χ1v) is 11.4. The molecule has 31 heavy (non-hydrogen) atoms. The zero-order valence-corrected chi connectivity index (χ0v) is 18.5. The Morgan fingerprint density at radius 3 is 2.68 bits per heavy atom. The third kappa shape index (κ3) is 6.42. The Bertz CT molecular complexity index is 807. The number of guanidine groups is 1. The van der Waals surface area contributed by atoms with Crippen molar-refractivity contribution in [2.24, 2.45) is 10.9 Å². The van der Waals surface area contributed by atoms with E-state index in [-0.39, 0.29) is 23.7 Å². The van der Waals surface area contributed by atoms with Crippen molar-refractivity contribution >= 4 is 17.8 Å². The van der Waals surface area contributed by atoms with Crippen LogP contribution in [0, 0.1) is 18.7 Å². The minimum absolute atomic E-state index is 0.174. The van der Waals surface area contributed by atoms with Crippen LogP contribution in [0.4, 0.5) is 4.39 Å². The van der Waals surface area contributed by atoms with E-state index in [2.05, 4.69) is 20.9 Å². The highest BCUT2D eigenvalue weighted by Gasteiger charge is 2.32. The van der Waals surface area contributed by atoms with Gasteiger partial charge < -0.3 is 20.9 Å². The fraction of sp³-hybridized carbons (Fsp3) is 0.609. The number of benzene rings is 1. The fourth-order valence-electron chi connectivity index (χ4n) is 4.20. The van der Waals surface area contributed by atoms with Crippen molar-refractivity contribution in [2.45, 2.75) is 52.0 Å². The third-order valence-corrected chi connectivity index (χ3v) is 5.99. The number of aliphatic imine (C=N–C) groups is 1. The van der Waals surface area contributed by atoms with Gasteiger partial charge in [0.25, 0.3) is 5.91 Å². The normalized spacial score (nSPS) is 19.5. The maximum absolute atomic E-state index is 13.6. The molecule has 0 aromatic heterocycles. The highest BCUT2D eigenvalue weighted by Crippen LogP contribution is 2.27. The minimum atomic E-state index is -0.388. The molecule has 1 aromatic rings. The van der Waals surface area contributed by atoms with Crippen molar-refractivity contribution in [1.82, 2.24) is 20.9 Å². The van der Waals surface area contributed by atoms with Crippen LogP contribution >= 0.6 is 0 Å². The lowest BCUT2D eigenvalue weighted by atomic mass is 10.1. The number of halogens is 1. The van der Waals surface area contributed by atoms with Gasteiger partial charge in [-0.3, -0.25) is 14.6 Å². The topological polar surface area (TPSA) is 85.8 Å². The molecule has 1 atom stereocenters. The first-order chi connectivity index (χ1) is 15.0. The van der Waals surface area contributed by atoms with E-state index < -0.39 is 0 Å². The number of amides is 2. The lowest BCUT2D eigenvalue weighted by Gasteiger charge is -2.21. The molecule has 2 aliphatic rings. The van der Waals surface area contributed by atoms with Gasteiger partial charge in [0.15, 0.2) is 5.96 Å². The van der Waals surface area contributed by atoms with E-state index in [4.69, 9.17) is 0 Å². The lowest BCUT2D eigenvalue weighted by Crippen LogP contribution is -2.45. The minimum Gasteiger partial charge on any atom is -0.357 e. The van der Waals surface area contributed by atoms with Crippen molar-refractivity contribution in [3.8, 4) is 0 Å². The van der Waals surface area contributed by atoms with Gasteiger partial charge in [0.1, 0.15) is 5.82 Å². The highest BCUT2D eigenvalue weighted by molar-refractivity contribution is 5.94. The van der Waals surface area contributed by atoms with Crippen LogP contribution in [0.15, 0.2) is 23.2 Å². The zero-order chi connectivity index (χ0) is 22.2. The number of hydrogen-bond donors (Lipinski definition) is 3. The Balaban J connectivity index is 1.45. The summed E-state index contributed by atoms with van der Waals surface area (Å²) >= 11 is 0. The maximum Gasteiger partial charge on any atom is 0.251 e. The SMILES string of the molecule is CCNC(=NCCNC(=O)c1ccc(C)c(F)c1)NC1CCN(C(=O)C2CCCC2)C1. The fourth-order valence-corrected chi connectivity index (χ4v) is 4.20. The first-order valence-electron chi connectivity index (χ1n) is 11.4. The van der Waals surface area contributed by atoms with Gasteiger partial charge in [-0.2, -0.15) is 0 Å². The van der Waals surface area contributed by atoms with Crippen LogP contribution in [0.3, 0.4) is 0 Å². The first kappa shape index (κ1) is 23.0. The zero-order valence-electron chi connectivity index (χ0n) is 18.5. The van der Waals surface area contributed by atoms with Crippen LogP contribution in [0.25, 0.3) is 0 Å². The van der Waals surface area contributed by atoms with Gasteiger partial charge in [-0.1, -0.05) is 18.9 Å². The van der Waals surface area contributed by atoms with Crippen molar-refractivity contribution < 1.29 is 14.0 Å². The smallest absolute Gasteiger partial charge is 0.251 e. The molecular formula is C23H34FN5O2. The summed E-state index contributed by atoms with van der Waals surface area (Å²) in [5.74, 6) is 0.494. The quantitative estimate of drug-likeness (QED) is 0.351. The van der Waals surface area contributed by atoms with Crippen molar-refractivity contribution in [1.29, 1.82) is 0 Å². The van der Waals surface area contributed by atoms with Crippen LogP contribution in [0.5, 0.6) is 0 Å². The van der Waals surface area contributed by atoms with Crippen molar-refractivity contribution in [2.75, 3.05) is 32.7 Å². The number of hydrogen-bond acceptors (Lipinski definition) is 3. The Hall–Kier alpha value is -2.64. The molecule has 2 fully saturated rings. The molecule has 1 aliphatic heterocycles. The molecule has 7 nitrogen and oxygen atoms in total. The molecule has 0 radical (unpaired) electrons. The number of aryl methyl sites for hydroxylation is 1. The van der Waals surface area contributed by atoms with E-state index in [0.29, 0.717) is 42.6 Å². The monoisotopic (exact) mass is 431 g/mol. The molecular weight excluding hydrogens is 397 g/mol. The van der Waals surface area contributed by atoms with Crippen LogP contribution in [-0.4, -0.2) is 61.4 Å². The van der Waals surface area contributed by atoms with Gasteiger partial charge in [0.2, 0.25) is 5.91 Å². The Morgan fingerprint density at radius 2 is 1.97 bits per heavy atom. The molecule has 1 aromatic carbocycles. The van der Waals surface area contributed by atoms with Crippen molar-refractivity contribution in [3.63, 3.8) is 0 Å². The number of nitrogens with one attached hydrogen (secondary N) is 3. The van der Waals surface area contributed by atoms with Crippen LogP contribution in [-0.2, 0) is 4.79 Å². The lowest BCUT2D eigenvalue weighted by molar-refractivity contribution is -0.134. The Kier molecular flexibility index (Phi) is 8.26. The summed E-state index contributed by atoms with van der Waals surface area (Å²) in [7, 11) is 0. The molecule has 1 saturated heterocycles. The standard InChI is InChI=1S/C23H34FN5O2/c1-3-25-23(27-12-11-26-21(30)18-9-8-16(2)20(24)14-18)28-19-10-13-29(15-19)22(31)17-6-4-5-7-17/h8-9,14,17,19H,3-7,10-13,15H2,1-2H3,(H,26,30)(H2,25,27,28). The van der Waals surface area contributed by atoms with E-state index >= 15 is 0 Å². The average Bonchev–Trinajstić information content (AvgIpc) is 3.45. The number of nitrogens with zero attached hydrogens (tertiary/aromatic N) is 2. The van der Waals surface area contributed by atoms with E-state index in [1.807, 2.05) is 11.8 Å². The predicted molar refractivity (Wildman–Crippen MR) is 120 cm³/mol. The number of likely N-dealkylation sites (tertiary alicyclic amines) is 1. The molecule has 1 aliphatic carbocycles. The van der Waals surface area contributed by atoms with Gasteiger partial charge in [0.05, 0.1) is 6.54 Å². The summed E-state index contributed by atoms with van der Waals surface area (Å²) in [5.41, 5.74) is 0.813. The van der Waals surface area contributed by atoms with Gasteiger partial charge in [0, 0.05) is 43.7 Å². The van der Waals surface area contributed by atoms with E-state index in [1.54, 1.807) is 19.1 Å². The largest absolute Gasteiger partial charge is 0.357 e. The molecule has 0 bridgehead atoms. The van der Waals surface area contributed by atoms with E-state index in [9.17, 15) is 14.0 Å². The molecule has 1 saturated carbocycles. The molecule has 170 valence electrons. The molecule has 1 heterocycles. The summed E-state index contributed by atoms with van der Waals surface area (Å²) in [6, 6.07) is 4.63. The van der Waals surface area contributed by atoms with Gasteiger partial charge in [-0.05, 0) is 50.8 Å². The van der Waals surface area contributed by atoms with Crippen molar-refractivity contribution in [3.05, 3.63) is 35.1 Å². The second-order valence-corrected chi connectivity index (χ2v) is 8.38. The number of carbonyl (C=O) groups is 2.